The molecule has 188 valence electrons. The van der Waals surface area contributed by atoms with Crippen molar-refractivity contribution in [3.05, 3.63) is 63.4 Å². The smallest absolute Gasteiger partial charge is 0.344 e. The number of unbranched alkanes of at least 4 members (excludes halogenated alkanes) is 4. The van der Waals surface area contributed by atoms with Gasteiger partial charge in [0.05, 0.1) is 25.5 Å². The lowest BCUT2D eigenvalue weighted by molar-refractivity contribution is -0.149. The Hall–Kier alpha value is -3.43. The Labute approximate surface area is 203 Å². The van der Waals surface area contributed by atoms with E-state index >= 15 is 0 Å². The molecule has 3 aromatic rings. The van der Waals surface area contributed by atoms with Crippen molar-refractivity contribution in [1.82, 2.24) is 4.57 Å². The molecule has 9 nitrogen and oxygen atoms in total. The Morgan fingerprint density at radius 2 is 1.77 bits per heavy atom. The summed E-state index contributed by atoms with van der Waals surface area (Å²) < 4.78 is 17.6. The minimum Gasteiger partial charge on any atom is -0.496 e. The monoisotopic (exact) mass is 483 g/mol. The van der Waals surface area contributed by atoms with Gasteiger partial charge < -0.3 is 29.9 Å². The number of fused-ring (bicyclic) bond motifs is 1. The highest BCUT2D eigenvalue weighted by Crippen LogP contribution is 2.28. The number of carbonyl (C=O) groups is 1. The maximum atomic E-state index is 12.6. The first-order chi connectivity index (χ1) is 16.8. The van der Waals surface area contributed by atoms with Crippen molar-refractivity contribution in [2.24, 2.45) is 11.5 Å². The minimum atomic E-state index is -1.15. The maximum absolute atomic E-state index is 12.6. The molecule has 2 heterocycles. The van der Waals surface area contributed by atoms with Crippen molar-refractivity contribution in [1.29, 1.82) is 0 Å². The topological polar surface area (TPSA) is 140 Å². The average molecular weight is 484 g/mol. The number of esters is 1. The molecule has 3 rings (SSSR count). The average Bonchev–Trinajstić information content (AvgIpc) is 2.85. The van der Waals surface area contributed by atoms with Crippen LogP contribution in [0.4, 0.5) is 0 Å². The predicted molar refractivity (Wildman–Crippen MR) is 134 cm³/mol. The van der Waals surface area contributed by atoms with E-state index in [0.717, 1.165) is 32.1 Å². The van der Waals surface area contributed by atoms with Crippen LogP contribution in [0.3, 0.4) is 0 Å². The number of nitrogens with zero attached hydrogens (tertiary/aromatic N) is 1. The number of aryl methyl sites for hydroxylation is 1. The van der Waals surface area contributed by atoms with Gasteiger partial charge in [-0.25, -0.2) is 4.79 Å². The third-order valence-electron chi connectivity index (χ3n) is 5.91. The second kappa shape index (κ2) is 11.8. The van der Waals surface area contributed by atoms with Crippen LogP contribution in [0.2, 0.25) is 0 Å². The predicted octanol–water partition coefficient (Wildman–Crippen LogP) is 2.80. The lowest BCUT2D eigenvalue weighted by Gasteiger charge is -2.19. The molecule has 0 aliphatic heterocycles. The maximum Gasteiger partial charge on any atom is 0.344 e. The van der Waals surface area contributed by atoms with Crippen LogP contribution in [-0.2, 0) is 16.1 Å². The molecule has 0 saturated heterocycles. The Morgan fingerprint density at radius 1 is 1.06 bits per heavy atom. The molecule has 1 unspecified atom stereocenters. The molecule has 0 amide bonds. The molecule has 9 heteroatoms. The minimum absolute atomic E-state index is 0.0340. The van der Waals surface area contributed by atoms with Gasteiger partial charge >= 0.3 is 11.6 Å². The van der Waals surface area contributed by atoms with Gasteiger partial charge in [-0.3, -0.25) is 9.59 Å². The lowest BCUT2D eigenvalue weighted by Crippen LogP contribution is -2.52. The Morgan fingerprint density at radius 3 is 2.51 bits per heavy atom. The number of ether oxygens (including phenoxy) is 2. The van der Waals surface area contributed by atoms with E-state index in [0.29, 0.717) is 41.0 Å². The van der Waals surface area contributed by atoms with E-state index < -0.39 is 17.1 Å². The van der Waals surface area contributed by atoms with Gasteiger partial charge in [0.15, 0.2) is 5.58 Å². The summed E-state index contributed by atoms with van der Waals surface area (Å²) in [5, 5.41) is 0.560. The van der Waals surface area contributed by atoms with E-state index in [1.54, 1.807) is 35.9 Å². The summed E-state index contributed by atoms with van der Waals surface area (Å²) in [4.78, 5) is 37.0. The van der Waals surface area contributed by atoms with Crippen LogP contribution in [0.25, 0.3) is 22.1 Å². The SMILES string of the molecule is COc1ccccc1-c1cc2cc(=O)n(CCCCCCCOC(=O)C(C)(N)CN)cc2oc1=O. The zero-order chi connectivity index (χ0) is 25.4. The quantitative estimate of drug-likeness (QED) is 0.296. The molecule has 0 spiro atoms. The third kappa shape index (κ3) is 6.58. The molecular formula is C26H33N3O6. The molecule has 2 aromatic heterocycles. The summed E-state index contributed by atoms with van der Waals surface area (Å²) >= 11 is 0. The molecule has 4 N–H and O–H groups in total. The third-order valence-corrected chi connectivity index (χ3v) is 5.91. The van der Waals surface area contributed by atoms with Gasteiger partial charge in [-0.2, -0.15) is 0 Å². The van der Waals surface area contributed by atoms with Crippen molar-refractivity contribution in [2.45, 2.75) is 51.1 Å². The Bertz CT molecular complexity index is 1280. The zero-order valence-corrected chi connectivity index (χ0v) is 20.2. The number of benzene rings is 1. The normalized spacial score (nSPS) is 12.9. The fourth-order valence-electron chi connectivity index (χ4n) is 3.69. The van der Waals surface area contributed by atoms with Gasteiger partial charge in [0.1, 0.15) is 11.3 Å². The number of rotatable bonds is 12. The van der Waals surface area contributed by atoms with E-state index in [9.17, 15) is 14.4 Å². The largest absolute Gasteiger partial charge is 0.496 e. The van der Waals surface area contributed by atoms with E-state index in [4.69, 9.17) is 25.4 Å². The first kappa shape index (κ1) is 26.2. The fourth-order valence-corrected chi connectivity index (χ4v) is 3.69. The Balaban J connectivity index is 1.54. The van der Waals surface area contributed by atoms with Crippen molar-refractivity contribution in [2.75, 3.05) is 20.3 Å². The summed E-state index contributed by atoms with van der Waals surface area (Å²) in [6, 6.07) is 10.3. The summed E-state index contributed by atoms with van der Waals surface area (Å²) in [7, 11) is 1.54. The first-order valence-electron chi connectivity index (χ1n) is 11.7. The number of methoxy groups -OCH3 is 1. The molecule has 1 aromatic carbocycles. The van der Waals surface area contributed by atoms with Crippen molar-refractivity contribution < 1.29 is 18.7 Å². The molecule has 0 radical (unpaired) electrons. The van der Waals surface area contributed by atoms with Crippen LogP contribution >= 0.6 is 0 Å². The number of hydrogen-bond acceptors (Lipinski definition) is 8. The molecule has 0 saturated carbocycles. The van der Waals surface area contributed by atoms with Crippen LogP contribution in [0, 0.1) is 0 Å². The molecule has 35 heavy (non-hydrogen) atoms. The van der Waals surface area contributed by atoms with Gasteiger partial charge in [0.2, 0.25) is 0 Å². The highest BCUT2D eigenvalue weighted by molar-refractivity contribution is 5.82. The number of aromatic nitrogens is 1. The number of pyridine rings is 1. The van der Waals surface area contributed by atoms with Gasteiger partial charge in [0.25, 0.3) is 5.56 Å². The van der Waals surface area contributed by atoms with Crippen LogP contribution in [0.1, 0.15) is 39.0 Å². The highest BCUT2D eigenvalue weighted by atomic mass is 16.5. The lowest BCUT2D eigenvalue weighted by atomic mass is 10.1. The molecule has 0 fully saturated rings. The molecule has 0 aliphatic carbocycles. The van der Waals surface area contributed by atoms with Crippen molar-refractivity contribution in [3.8, 4) is 16.9 Å². The summed E-state index contributed by atoms with van der Waals surface area (Å²) in [5.41, 5.74) is 10.7. The number of carbonyl (C=O) groups excluding carboxylic acids is 1. The van der Waals surface area contributed by atoms with Gasteiger partial charge in [0, 0.05) is 30.1 Å². The van der Waals surface area contributed by atoms with Crippen LogP contribution in [0.5, 0.6) is 5.75 Å². The molecule has 1 atom stereocenters. The van der Waals surface area contributed by atoms with Crippen molar-refractivity contribution in [3.63, 3.8) is 0 Å². The van der Waals surface area contributed by atoms with Gasteiger partial charge in [-0.15, -0.1) is 0 Å². The molecule has 0 bridgehead atoms. The Kier molecular flexibility index (Phi) is 8.84. The zero-order valence-electron chi connectivity index (χ0n) is 20.2. The van der Waals surface area contributed by atoms with E-state index in [-0.39, 0.29) is 12.1 Å². The first-order valence-corrected chi connectivity index (χ1v) is 11.7. The van der Waals surface area contributed by atoms with Crippen molar-refractivity contribution >= 4 is 16.9 Å². The van der Waals surface area contributed by atoms with Gasteiger partial charge in [-0.05, 0) is 31.9 Å². The van der Waals surface area contributed by atoms with E-state index in [1.807, 2.05) is 12.1 Å². The summed E-state index contributed by atoms with van der Waals surface area (Å²) in [5.74, 6) is 0.0661. The van der Waals surface area contributed by atoms with Crippen LogP contribution < -0.4 is 27.4 Å². The summed E-state index contributed by atoms with van der Waals surface area (Å²) in [6.07, 6.45) is 5.86. The number of nitrogens with two attached hydrogens (primary N) is 2. The highest BCUT2D eigenvalue weighted by Gasteiger charge is 2.28. The molecular weight excluding hydrogens is 450 g/mol. The number of para-hydroxylation sites is 1. The summed E-state index contributed by atoms with van der Waals surface area (Å²) in [6.45, 7) is 2.41. The fraction of sp³-hybridized carbons (Fsp3) is 0.423. The standard InChI is InChI=1S/C26H33N3O6/c1-26(28,17-27)25(32)34-13-9-5-3-4-8-12-29-16-22-18(15-23(29)30)14-20(24(31)35-22)19-10-6-7-11-21(19)33-2/h6-7,10-11,14-16H,3-5,8-9,12-13,17,27-28H2,1-2H3. The second-order valence-corrected chi connectivity index (χ2v) is 8.80. The van der Waals surface area contributed by atoms with E-state index in [2.05, 4.69) is 0 Å². The van der Waals surface area contributed by atoms with Gasteiger partial charge in [-0.1, -0.05) is 37.5 Å². The molecule has 0 aliphatic rings. The van der Waals surface area contributed by atoms with Crippen LogP contribution in [0.15, 0.2) is 56.6 Å². The van der Waals surface area contributed by atoms with E-state index in [1.165, 1.54) is 13.2 Å². The second-order valence-electron chi connectivity index (χ2n) is 8.80. The number of hydrogen-bond donors (Lipinski definition) is 2. The van der Waals surface area contributed by atoms with Crippen LogP contribution in [-0.4, -0.2) is 36.3 Å².